The maximum atomic E-state index is 13.0. The number of aromatic carboxylic acids is 1. The van der Waals surface area contributed by atoms with E-state index in [0.717, 1.165) is 0 Å². The minimum absolute atomic E-state index is 0.120. The lowest BCUT2D eigenvalue weighted by molar-refractivity contribution is -0.149. The van der Waals surface area contributed by atoms with Crippen molar-refractivity contribution in [3.8, 4) is 11.5 Å². The zero-order valence-corrected chi connectivity index (χ0v) is 19.4. The molecule has 0 saturated carbocycles. The largest absolute Gasteiger partial charge is 0.490 e. The average Bonchev–Trinajstić information content (AvgIpc) is 3.06. The number of esters is 1. The van der Waals surface area contributed by atoms with E-state index in [0.29, 0.717) is 40.6 Å². The van der Waals surface area contributed by atoms with Gasteiger partial charge < -0.3 is 19.3 Å². The fraction of sp³-hybridized carbons (Fsp3) is 0.280. The van der Waals surface area contributed by atoms with E-state index in [2.05, 4.69) is 5.10 Å². The second kappa shape index (κ2) is 10.7. The molecular weight excluding hydrogens is 440 g/mol. The molecule has 34 heavy (non-hydrogen) atoms. The summed E-state index contributed by atoms with van der Waals surface area (Å²) < 4.78 is 16.3. The number of carboxylic acid groups (broad SMARTS) is 1. The number of hydrogen-bond donors (Lipinski definition) is 1. The molecule has 1 aliphatic rings. The van der Waals surface area contributed by atoms with Crippen LogP contribution in [0.3, 0.4) is 0 Å². The van der Waals surface area contributed by atoms with Crippen LogP contribution in [0.25, 0.3) is 6.08 Å². The van der Waals surface area contributed by atoms with Crippen LogP contribution in [0.1, 0.15) is 43.6 Å². The van der Waals surface area contributed by atoms with Gasteiger partial charge in [-0.2, -0.15) is 10.1 Å². The highest BCUT2D eigenvalue weighted by Crippen LogP contribution is 2.31. The van der Waals surface area contributed by atoms with Crippen LogP contribution in [0.15, 0.2) is 53.1 Å². The number of benzene rings is 2. The molecule has 1 N–H and O–H groups in total. The maximum Gasteiger partial charge on any atom is 0.344 e. The molecular formula is C25H26N2O7. The van der Waals surface area contributed by atoms with E-state index in [-0.39, 0.29) is 24.2 Å². The lowest BCUT2D eigenvalue weighted by atomic mass is 10.1. The molecule has 9 nitrogen and oxygen atoms in total. The highest BCUT2D eigenvalue weighted by molar-refractivity contribution is 6.32. The Morgan fingerprint density at radius 3 is 2.41 bits per heavy atom. The van der Waals surface area contributed by atoms with Crippen LogP contribution < -0.4 is 14.5 Å². The summed E-state index contributed by atoms with van der Waals surface area (Å²) in [4.78, 5) is 35.8. The molecule has 9 heteroatoms. The summed E-state index contributed by atoms with van der Waals surface area (Å²) in [5.74, 6) is -1.06. The Kier molecular flexibility index (Phi) is 7.68. The predicted octanol–water partition coefficient (Wildman–Crippen LogP) is 3.92. The first-order chi connectivity index (χ1) is 16.2. The molecule has 2 aromatic rings. The minimum Gasteiger partial charge on any atom is -0.490 e. The molecule has 0 atom stereocenters. The molecule has 0 saturated heterocycles. The first kappa shape index (κ1) is 24.5. The molecule has 0 spiro atoms. The number of anilines is 1. The Morgan fingerprint density at radius 2 is 1.79 bits per heavy atom. The van der Waals surface area contributed by atoms with Crippen molar-refractivity contribution in [3.05, 3.63) is 59.2 Å². The van der Waals surface area contributed by atoms with Gasteiger partial charge in [0.1, 0.15) is 0 Å². The molecule has 1 amide bonds. The number of hydrazone groups is 1. The van der Waals surface area contributed by atoms with Crippen LogP contribution >= 0.6 is 0 Å². The number of carbonyl (C=O) groups excluding carboxylic acids is 2. The van der Waals surface area contributed by atoms with E-state index in [1.54, 1.807) is 45.0 Å². The first-order valence-corrected chi connectivity index (χ1v) is 10.7. The van der Waals surface area contributed by atoms with E-state index in [1.807, 2.05) is 6.92 Å². The Bertz CT molecular complexity index is 1150. The molecule has 0 fully saturated rings. The van der Waals surface area contributed by atoms with Gasteiger partial charge in [0, 0.05) is 0 Å². The second-order valence-electron chi connectivity index (χ2n) is 7.68. The van der Waals surface area contributed by atoms with Crippen LogP contribution in [0.2, 0.25) is 0 Å². The maximum absolute atomic E-state index is 13.0. The quantitative estimate of drug-likeness (QED) is 0.440. The van der Waals surface area contributed by atoms with Gasteiger partial charge in [0.15, 0.2) is 18.1 Å². The molecule has 1 aliphatic heterocycles. The number of ether oxygens (including phenoxy) is 3. The lowest BCUT2D eigenvalue weighted by Gasteiger charge is -2.14. The van der Waals surface area contributed by atoms with Gasteiger partial charge in [-0.25, -0.2) is 9.59 Å². The van der Waals surface area contributed by atoms with Crippen LogP contribution in [-0.2, 0) is 14.3 Å². The van der Waals surface area contributed by atoms with Gasteiger partial charge in [-0.3, -0.25) is 4.79 Å². The molecule has 0 bridgehead atoms. The fourth-order valence-electron chi connectivity index (χ4n) is 3.21. The smallest absolute Gasteiger partial charge is 0.344 e. The van der Waals surface area contributed by atoms with Crippen molar-refractivity contribution in [2.75, 3.05) is 18.2 Å². The van der Waals surface area contributed by atoms with Gasteiger partial charge in [-0.05, 0) is 75.7 Å². The highest BCUT2D eigenvalue weighted by atomic mass is 16.6. The second-order valence-corrected chi connectivity index (χ2v) is 7.68. The van der Waals surface area contributed by atoms with E-state index in [1.165, 1.54) is 29.3 Å². The predicted molar refractivity (Wildman–Crippen MR) is 126 cm³/mol. The van der Waals surface area contributed by atoms with E-state index in [4.69, 9.17) is 19.3 Å². The Hall–Kier alpha value is -4.14. The first-order valence-electron chi connectivity index (χ1n) is 10.7. The van der Waals surface area contributed by atoms with Crippen molar-refractivity contribution < 1.29 is 33.7 Å². The van der Waals surface area contributed by atoms with Gasteiger partial charge in [-0.15, -0.1) is 0 Å². The molecule has 0 radical (unpaired) electrons. The van der Waals surface area contributed by atoms with Gasteiger partial charge >= 0.3 is 11.9 Å². The number of nitrogens with zero attached hydrogens (tertiary/aromatic N) is 2. The molecule has 178 valence electrons. The summed E-state index contributed by atoms with van der Waals surface area (Å²) in [7, 11) is 0. The van der Waals surface area contributed by atoms with E-state index in [9.17, 15) is 14.4 Å². The van der Waals surface area contributed by atoms with Crippen molar-refractivity contribution in [3.63, 3.8) is 0 Å². The number of carboxylic acids is 1. The molecule has 1 heterocycles. The number of hydrogen-bond acceptors (Lipinski definition) is 7. The third-order valence-corrected chi connectivity index (χ3v) is 4.71. The summed E-state index contributed by atoms with van der Waals surface area (Å²) in [5.41, 5.74) is 2.17. The summed E-state index contributed by atoms with van der Waals surface area (Å²) in [5, 5.41) is 14.6. The Labute approximate surface area is 197 Å². The van der Waals surface area contributed by atoms with Gasteiger partial charge in [-0.1, -0.05) is 6.07 Å². The van der Waals surface area contributed by atoms with Gasteiger partial charge in [0.2, 0.25) is 0 Å². The zero-order chi connectivity index (χ0) is 24.8. The highest BCUT2D eigenvalue weighted by Gasteiger charge is 2.29. The normalized spacial score (nSPS) is 14.4. The fourth-order valence-corrected chi connectivity index (χ4v) is 3.21. The number of amides is 1. The molecule has 0 aromatic heterocycles. The summed E-state index contributed by atoms with van der Waals surface area (Å²) in [6, 6.07) is 11.0. The number of carbonyl (C=O) groups is 3. The lowest BCUT2D eigenvalue weighted by Crippen LogP contribution is -2.21. The number of rotatable bonds is 9. The van der Waals surface area contributed by atoms with Crippen molar-refractivity contribution in [2.45, 2.75) is 33.8 Å². The summed E-state index contributed by atoms with van der Waals surface area (Å²) >= 11 is 0. The van der Waals surface area contributed by atoms with E-state index < -0.39 is 11.9 Å². The van der Waals surface area contributed by atoms with E-state index >= 15 is 0 Å². The van der Waals surface area contributed by atoms with Crippen molar-refractivity contribution in [1.82, 2.24) is 0 Å². The van der Waals surface area contributed by atoms with Gasteiger partial charge in [0.25, 0.3) is 5.91 Å². The van der Waals surface area contributed by atoms with Crippen LogP contribution in [0, 0.1) is 0 Å². The van der Waals surface area contributed by atoms with Crippen molar-refractivity contribution in [2.24, 2.45) is 5.10 Å². The Balaban J connectivity index is 1.80. The third-order valence-electron chi connectivity index (χ3n) is 4.71. The van der Waals surface area contributed by atoms with Gasteiger partial charge in [0.05, 0.1) is 35.2 Å². The van der Waals surface area contributed by atoms with Crippen LogP contribution in [0.5, 0.6) is 11.5 Å². The third kappa shape index (κ3) is 5.80. The molecule has 2 aromatic carbocycles. The summed E-state index contributed by atoms with van der Waals surface area (Å²) in [6.45, 7) is 7.19. The molecule has 0 unspecified atom stereocenters. The SMILES string of the molecule is CCOc1cc(C=C2C(=O)N(c3ccc(C(=O)O)cc3)N=C2C)ccc1OCC(=O)OC(C)C. The minimum atomic E-state index is -1.05. The van der Waals surface area contributed by atoms with Crippen molar-refractivity contribution in [1.29, 1.82) is 0 Å². The molecule has 0 aliphatic carbocycles. The monoisotopic (exact) mass is 466 g/mol. The average molecular weight is 466 g/mol. The summed E-state index contributed by atoms with van der Waals surface area (Å²) in [6.07, 6.45) is 1.45. The van der Waals surface area contributed by atoms with Crippen molar-refractivity contribution >= 4 is 35.3 Å². The van der Waals surface area contributed by atoms with Crippen LogP contribution in [0.4, 0.5) is 5.69 Å². The Morgan fingerprint density at radius 1 is 1.09 bits per heavy atom. The standard InChI is InChI=1S/C25H26N2O7/c1-5-32-22-13-17(6-11-21(22)33-14-23(28)34-15(2)3)12-20-16(4)26-27(24(20)29)19-9-7-18(8-10-19)25(30)31/h6-13,15H,5,14H2,1-4H3,(H,30,31). The topological polar surface area (TPSA) is 115 Å². The van der Waals surface area contributed by atoms with Crippen LogP contribution in [-0.4, -0.2) is 48.0 Å². The zero-order valence-electron chi connectivity index (χ0n) is 19.4. The molecule has 3 rings (SSSR count).